The Morgan fingerprint density at radius 1 is 1.37 bits per heavy atom. The van der Waals surface area contributed by atoms with E-state index in [2.05, 4.69) is 4.98 Å². The molecule has 1 atom stereocenters. The van der Waals surface area contributed by atoms with E-state index in [0.717, 1.165) is 5.56 Å². The quantitative estimate of drug-likeness (QED) is 0.688. The maximum absolute atomic E-state index is 11.0. The summed E-state index contributed by atoms with van der Waals surface area (Å²) in [5, 5.41) is 11.2. The lowest BCUT2D eigenvalue weighted by Crippen LogP contribution is -2.15. The predicted octanol–water partition coefficient (Wildman–Crippen LogP) is 2.89. The lowest BCUT2D eigenvalue weighted by Gasteiger charge is -2.11. The number of rotatable bonds is 4. The molecular weight excluding hydrogens is 266 g/mol. The van der Waals surface area contributed by atoms with Gasteiger partial charge in [0.2, 0.25) is 0 Å². The van der Waals surface area contributed by atoms with Crippen LogP contribution in [0, 0.1) is 10.1 Å². The Balaban J connectivity index is 2.26. The molecule has 0 radical (unpaired) electrons. The fraction of sp³-hybridized carbons (Fsp3) is 0.154. The number of halogens is 1. The van der Waals surface area contributed by atoms with E-state index in [-0.39, 0.29) is 23.2 Å². The van der Waals surface area contributed by atoms with Crippen molar-refractivity contribution in [2.45, 2.75) is 12.5 Å². The first-order chi connectivity index (χ1) is 9.08. The van der Waals surface area contributed by atoms with Crippen LogP contribution in [-0.4, -0.2) is 9.91 Å². The molecule has 19 heavy (non-hydrogen) atoms. The molecule has 2 N–H and O–H groups in total. The second-order valence-electron chi connectivity index (χ2n) is 4.10. The number of nitro groups is 1. The van der Waals surface area contributed by atoms with Gasteiger partial charge in [-0.1, -0.05) is 41.9 Å². The molecule has 0 bridgehead atoms. The Labute approximate surface area is 115 Å². The lowest BCUT2D eigenvalue weighted by molar-refractivity contribution is -0.385. The maximum atomic E-state index is 11.0. The first kappa shape index (κ1) is 13.5. The van der Waals surface area contributed by atoms with E-state index in [1.807, 2.05) is 30.3 Å². The number of nitrogens with two attached hydrogens (primary N) is 1. The van der Waals surface area contributed by atoms with Gasteiger partial charge in [-0.05, 0) is 5.56 Å². The lowest BCUT2D eigenvalue weighted by atomic mass is 10.0. The number of hydrogen-bond donors (Lipinski definition) is 1. The molecule has 0 aliphatic rings. The summed E-state index contributed by atoms with van der Waals surface area (Å²) in [7, 11) is 0. The zero-order valence-corrected chi connectivity index (χ0v) is 10.7. The Bertz CT molecular complexity index is 590. The van der Waals surface area contributed by atoms with Crippen LogP contribution in [0.3, 0.4) is 0 Å². The summed E-state index contributed by atoms with van der Waals surface area (Å²) >= 11 is 5.72. The van der Waals surface area contributed by atoms with E-state index in [4.69, 9.17) is 17.3 Å². The third-order valence-electron chi connectivity index (χ3n) is 2.75. The SMILES string of the molecule is NC(Cc1ncc(Cl)cc1[N+](=O)[O-])c1ccccc1. The van der Waals surface area contributed by atoms with Gasteiger partial charge in [0.05, 0.1) is 9.95 Å². The van der Waals surface area contributed by atoms with Gasteiger partial charge in [0.1, 0.15) is 5.69 Å². The summed E-state index contributed by atoms with van der Waals surface area (Å²) in [6.07, 6.45) is 1.68. The highest BCUT2D eigenvalue weighted by molar-refractivity contribution is 6.30. The summed E-state index contributed by atoms with van der Waals surface area (Å²) in [6.45, 7) is 0. The Morgan fingerprint density at radius 3 is 2.68 bits per heavy atom. The molecule has 0 aliphatic heterocycles. The van der Waals surface area contributed by atoms with E-state index in [1.54, 1.807) is 0 Å². The maximum Gasteiger partial charge on any atom is 0.292 e. The summed E-state index contributed by atoms with van der Waals surface area (Å²) in [6, 6.07) is 10.4. The van der Waals surface area contributed by atoms with Crippen LogP contribution in [0.5, 0.6) is 0 Å². The summed E-state index contributed by atoms with van der Waals surface area (Å²) in [4.78, 5) is 14.5. The third-order valence-corrected chi connectivity index (χ3v) is 2.96. The minimum absolute atomic E-state index is 0.0983. The molecule has 98 valence electrons. The van der Waals surface area contributed by atoms with Crippen molar-refractivity contribution >= 4 is 17.3 Å². The van der Waals surface area contributed by atoms with Gasteiger partial charge >= 0.3 is 0 Å². The van der Waals surface area contributed by atoms with Crippen molar-refractivity contribution in [2.24, 2.45) is 5.73 Å². The summed E-state index contributed by atoms with van der Waals surface area (Å²) in [5.74, 6) is 0. The second kappa shape index (κ2) is 5.77. The molecule has 0 amide bonds. The van der Waals surface area contributed by atoms with E-state index in [9.17, 15) is 10.1 Å². The molecule has 0 spiro atoms. The number of benzene rings is 1. The van der Waals surface area contributed by atoms with Crippen LogP contribution in [-0.2, 0) is 6.42 Å². The average molecular weight is 278 g/mol. The van der Waals surface area contributed by atoms with Crippen LogP contribution in [0.4, 0.5) is 5.69 Å². The van der Waals surface area contributed by atoms with Crippen LogP contribution >= 0.6 is 11.6 Å². The molecule has 1 unspecified atom stereocenters. The van der Waals surface area contributed by atoms with E-state index in [0.29, 0.717) is 5.69 Å². The Kier molecular flexibility index (Phi) is 4.09. The van der Waals surface area contributed by atoms with Crippen LogP contribution in [0.15, 0.2) is 42.6 Å². The van der Waals surface area contributed by atoms with Gasteiger partial charge in [0.15, 0.2) is 0 Å². The number of hydrogen-bond acceptors (Lipinski definition) is 4. The van der Waals surface area contributed by atoms with Crippen molar-refractivity contribution in [2.75, 3.05) is 0 Å². The average Bonchev–Trinajstić information content (AvgIpc) is 2.41. The van der Waals surface area contributed by atoms with Gasteiger partial charge < -0.3 is 5.73 Å². The Morgan fingerprint density at radius 2 is 2.05 bits per heavy atom. The zero-order chi connectivity index (χ0) is 13.8. The molecule has 6 heteroatoms. The first-order valence-corrected chi connectivity index (χ1v) is 6.05. The van der Waals surface area contributed by atoms with Gasteiger partial charge in [-0.2, -0.15) is 0 Å². The smallest absolute Gasteiger partial charge is 0.292 e. The van der Waals surface area contributed by atoms with Crippen LogP contribution in [0.25, 0.3) is 0 Å². The molecule has 2 rings (SSSR count). The fourth-order valence-electron chi connectivity index (χ4n) is 1.80. The molecule has 1 aromatic carbocycles. The summed E-state index contributed by atoms with van der Waals surface area (Å²) < 4.78 is 0. The monoisotopic (exact) mass is 277 g/mol. The largest absolute Gasteiger partial charge is 0.324 e. The van der Waals surface area contributed by atoms with Gasteiger partial charge in [0.25, 0.3) is 5.69 Å². The van der Waals surface area contributed by atoms with Crippen molar-refractivity contribution in [3.63, 3.8) is 0 Å². The molecule has 5 nitrogen and oxygen atoms in total. The first-order valence-electron chi connectivity index (χ1n) is 5.67. The standard InChI is InChI=1S/C13H12ClN3O2/c14-10-6-13(17(18)19)12(16-8-10)7-11(15)9-4-2-1-3-5-9/h1-6,8,11H,7,15H2. The van der Waals surface area contributed by atoms with E-state index < -0.39 is 4.92 Å². The second-order valence-corrected chi connectivity index (χ2v) is 4.53. The third kappa shape index (κ3) is 3.27. The number of aromatic nitrogens is 1. The van der Waals surface area contributed by atoms with Gasteiger partial charge in [-0.25, -0.2) is 0 Å². The molecule has 1 heterocycles. The van der Waals surface area contributed by atoms with E-state index >= 15 is 0 Å². The van der Waals surface area contributed by atoms with Crippen LogP contribution in [0.2, 0.25) is 5.02 Å². The number of nitrogens with zero attached hydrogens (tertiary/aromatic N) is 2. The van der Waals surface area contributed by atoms with Gasteiger partial charge in [-0.3, -0.25) is 15.1 Å². The van der Waals surface area contributed by atoms with Crippen LogP contribution in [0.1, 0.15) is 17.3 Å². The normalized spacial score (nSPS) is 12.1. The minimum Gasteiger partial charge on any atom is -0.324 e. The molecule has 0 saturated carbocycles. The predicted molar refractivity (Wildman–Crippen MR) is 73.0 cm³/mol. The summed E-state index contributed by atoms with van der Waals surface area (Å²) in [5.41, 5.74) is 7.19. The Hall–Kier alpha value is -1.98. The fourth-order valence-corrected chi connectivity index (χ4v) is 1.95. The van der Waals surface area contributed by atoms with Crippen molar-refractivity contribution in [1.29, 1.82) is 0 Å². The van der Waals surface area contributed by atoms with Crippen molar-refractivity contribution in [3.05, 3.63) is 69.0 Å². The van der Waals surface area contributed by atoms with Crippen molar-refractivity contribution in [3.8, 4) is 0 Å². The highest BCUT2D eigenvalue weighted by Gasteiger charge is 2.19. The van der Waals surface area contributed by atoms with E-state index in [1.165, 1.54) is 12.3 Å². The van der Waals surface area contributed by atoms with Crippen LogP contribution < -0.4 is 5.73 Å². The highest BCUT2D eigenvalue weighted by atomic mass is 35.5. The highest BCUT2D eigenvalue weighted by Crippen LogP contribution is 2.24. The minimum atomic E-state index is -0.494. The molecule has 0 fully saturated rings. The number of pyridine rings is 1. The van der Waals surface area contributed by atoms with Gasteiger partial charge in [0, 0.05) is 24.7 Å². The zero-order valence-electron chi connectivity index (χ0n) is 9.99. The molecular formula is C13H12ClN3O2. The topological polar surface area (TPSA) is 82.0 Å². The molecule has 0 aliphatic carbocycles. The molecule has 0 saturated heterocycles. The molecule has 1 aromatic heterocycles. The molecule has 2 aromatic rings. The van der Waals surface area contributed by atoms with Crippen molar-refractivity contribution < 1.29 is 4.92 Å². The van der Waals surface area contributed by atoms with Crippen molar-refractivity contribution in [1.82, 2.24) is 4.98 Å². The van der Waals surface area contributed by atoms with Gasteiger partial charge in [-0.15, -0.1) is 0 Å².